The molecule has 1 fully saturated rings. The summed E-state index contributed by atoms with van der Waals surface area (Å²) >= 11 is 0. The Morgan fingerprint density at radius 2 is 2.06 bits per heavy atom. The molecular weight excluding hydrogens is 232 g/mol. The van der Waals surface area contributed by atoms with Crippen molar-refractivity contribution >= 4 is 12.2 Å². The van der Waals surface area contributed by atoms with Gasteiger partial charge in [-0.3, -0.25) is 9.89 Å². The van der Waals surface area contributed by atoms with Crippen molar-refractivity contribution in [1.82, 2.24) is 15.1 Å². The van der Waals surface area contributed by atoms with E-state index >= 15 is 0 Å². The van der Waals surface area contributed by atoms with Crippen molar-refractivity contribution in [1.29, 1.82) is 0 Å². The highest BCUT2D eigenvalue weighted by molar-refractivity contribution is 5.46. The number of ether oxygens (including phenoxy) is 1. The van der Waals surface area contributed by atoms with E-state index in [1.165, 1.54) is 0 Å². The monoisotopic (exact) mass is 256 g/mol. The van der Waals surface area contributed by atoms with Gasteiger partial charge in [0.2, 0.25) is 6.41 Å². The average Bonchev–Trinajstić information content (AvgIpc) is 2.88. The number of hydrogen-bond acceptors (Lipinski definition) is 4. The fraction of sp³-hybridized carbons (Fsp3) is 0.667. The van der Waals surface area contributed by atoms with Gasteiger partial charge in [0.25, 0.3) is 0 Å². The minimum atomic E-state index is 0.693. The van der Waals surface area contributed by atoms with Crippen LogP contribution in [-0.4, -0.2) is 54.9 Å². The molecule has 1 saturated heterocycles. The van der Waals surface area contributed by atoms with Crippen LogP contribution in [-0.2, 0) is 9.53 Å². The van der Waals surface area contributed by atoms with Crippen LogP contribution in [0.1, 0.15) is 19.5 Å². The Hall–Kier alpha value is -1.56. The van der Waals surface area contributed by atoms with Gasteiger partial charge in [0.15, 0.2) is 0 Å². The van der Waals surface area contributed by atoms with E-state index in [2.05, 4.69) is 15.5 Å². The predicted octanol–water partition coefficient (Wildman–Crippen LogP) is 1.26. The van der Waals surface area contributed by atoms with Crippen LogP contribution in [0.25, 0.3) is 0 Å². The van der Waals surface area contributed by atoms with E-state index in [4.69, 9.17) is 4.74 Å². The molecule has 1 amide bonds. The van der Waals surface area contributed by atoms with E-state index in [9.17, 15) is 4.79 Å². The van der Waals surface area contributed by atoms with Crippen LogP contribution in [0, 0.1) is 6.92 Å². The molecule has 2 N–H and O–H groups in total. The number of nitrogens with one attached hydrogen (secondary N) is 2. The van der Waals surface area contributed by atoms with Crippen LogP contribution in [0.5, 0.6) is 0 Å². The summed E-state index contributed by atoms with van der Waals surface area (Å²) in [6.07, 6.45) is 0.864. The van der Waals surface area contributed by atoms with Gasteiger partial charge < -0.3 is 15.0 Å². The lowest BCUT2D eigenvalue weighted by molar-refractivity contribution is -0.121. The average molecular weight is 256 g/mol. The molecule has 6 nitrogen and oxygen atoms in total. The van der Waals surface area contributed by atoms with Crippen molar-refractivity contribution in [3.8, 4) is 0 Å². The van der Waals surface area contributed by atoms with Crippen molar-refractivity contribution in [2.24, 2.45) is 0 Å². The molecule has 104 valence electrons. The number of amides is 1. The number of hydrogen-bond donors (Lipinski definition) is 2. The second-order valence-electron chi connectivity index (χ2n) is 3.44. The Kier molecular flexibility index (Phi) is 9.67. The Labute approximate surface area is 109 Å². The minimum Gasteiger partial charge on any atom is -0.378 e. The Balaban J connectivity index is 0.000000283. The molecule has 2 heterocycles. The van der Waals surface area contributed by atoms with Gasteiger partial charge in [-0.05, 0) is 6.92 Å². The normalized spacial score (nSPS) is 13.7. The largest absolute Gasteiger partial charge is 0.378 e. The van der Waals surface area contributed by atoms with Gasteiger partial charge >= 0.3 is 0 Å². The van der Waals surface area contributed by atoms with E-state index in [-0.39, 0.29) is 0 Å². The number of carbonyl (C=O) groups is 1. The van der Waals surface area contributed by atoms with Gasteiger partial charge in [0.05, 0.1) is 13.2 Å². The lowest BCUT2D eigenvalue weighted by atomic mass is 10.5. The van der Waals surface area contributed by atoms with Gasteiger partial charge in [0.1, 0.15) is 5.82 Å². The van der Waals surface area contributed by atoms with Crippen molar-refractivity contribution < 1.29 is 9.53 Å². The topological polar surface area (TPSA) is 70.2 Å². The van der Waals surface area contributed by atoms with Gasteiger partial charge in [-0.25, -0.2) is 0 Å². The van der Waals surface area contributed by atoms with E-state index in [0.717, 1.165) is 31.0 Å². The quantitative estimate of drug-likeness (QED) is 0.782. The van der Waals surface area contributed by atoms with Gasteiger partial charge in [-0.1, -0.05) is 13.8 Å². The third kappa shape index (κ3) is 6.90. The molecule has 1 aliphatic rings. The van der Waals surface area contributed by atoms with Crippen LogP contribution in [0.2, 0.25) is 0 Å². The summed E-state index contributed by atoms with van der Waals surface area (Å²) < 4.78 is 5.00. The first-order chi connectivity index (χ1) is 8.76. The Bertz CT molecular complexity index is 309. The Morgan fingerprint density at radius 3 is 2.33 bits per heavy atom. The zero-order valence-electron chi connectivity index (χ0n) is 11.7. The van der Waals surface area contributed by atoms with Crippen molar-refractivity contribution in [3.05, 3.63) is 11.8 Å². The number of aryl methyl sites for hydroxylation is 1. The second-order valence-corrected chi connectivity index (χ2v) is 3.44. The van der Waals surface area contributed by atoms with E-state index in [1.807, 2.05) is 33.9 Å². The zero-order chi connectivity index (χ0) is 13.8. The van der Waals surface area contributed by atoms with Gasteiger partial charge in [0, 0.05) is 31.9 Å². The lowest BCUT2D eigenvalue weighted by Crippen LogP contribution is -2.34. The van der Waals surface area contributed by atoms with E-state index in [1.54, 1.807) is 4.90 Å². The number of aromatic nitrogens is 2. The fourth-order valence-corrected chi connectivity index (χ4v) is 1.23. The first kappa shape index (κ1) is 16.4. The second kappa shape index (κ2) is 10.6. The highest BCUT2D eigenvalue weighted by Gasteiger charge is 2.05. The molecule has 0 saturated carbocycles. The molecule has 1 aromatic heterocycles. The number of anilines is 1. The molecule has 0 bridgehead atoms. The smallest absolute Gasteiger partial charge is 0.209 e. The predicted molar refractivity (Wildman–Crippen MR) is 72.7 cm³/mol. The van der Waals surface area contributed by atoms with Crippen molar-refractivity contribution in [2.75, 3.05) is 38.7 Å². The molecule has 6 heteroatoms. The fourth-order valence-electron chi connectivity index (χ4n) is 1.23. The number of aromatic amines is 1. The molecule has 0 spiro atoms. The van der Waals surface area contributed by atoms with Crippen LogP contribution >= 0.6 is 0 Å². The molecule has 0 aromatic carbocycles. The summed E-state index contributed by atoms with van der Waals surface area (Å²) in [5, 5.41) is 9.61. The van der Waals surface area contributed by atoms with Crippen LogP contribution in [0.4, 0.5) is 5.82 Å². The maximum Gasteiger partial charge on any atom is 0.209 e. The van der Waals surface area contributed by atoms with Crippen LogP contribution < -0.4 is 5.32 Å². The van der Waals surface area contributed by atoms with E-state index < -0.39 is 0 Å². The van der Waals surface area contributed by atoms with Crippen LogP contribution in [0.3, 0.4) is 0 Å². The molecule has 1 aromatic rings. The first-order valence-electron chi connectivity index (χ1n) is 6.23. The number of rotatable bonds is 2. The molecule has 2 rings (SSSR count). The molecular formula is C12H24N4O2. The summed E-state index contributed by atoms with van der Waals surface area (Å²) in [5.41, 5.74) is 1.08. The first-order valence-corrected chi connectivity index (χ1v) is 6.23. The summed E-state index contributed by atoms with van der Waals surface area (Å²) in [5.74, 6) is 0.891. The Morgan fingerprint density at radius 1 is 1.44 bits per heavy atom. The van der Waals surface area contributed by atoms with Crippen molar-refractivity contribution in [2.45, 2.75) is 20.8 Å². The van der Waals surface area contributed by atoms with E-state index in [0.29, 0.717) is 13.2 Å². The molecule has 0 aliphatic carbocycles. The van der Waals surface area contributed by atoms with Gasteiger partial charge in [-0.2, -0.15) is 5.10 Å². The summed E-state index contributed by atoms with van der Waals surface area (Å²) in [6.45, 7) is 8.86. The minimum absolute atomic E-state index is 0.693. The summed E-state index contributed by atoms with van der Waals surface area (Å²) in [4.78, 5) is 11.7. The summed E-state index contributed by atoms with van der Waals surface area (Å²) in [6, 6.07) is 1.94. The molecule has 0 radical (unpaired) electrons. The van der Waals surface area contributed by atoms with Crippen molar-refractivity contribution in [3.63, 3.8) is 0 Å². The highest BCUT2D eigenvalue weighted by Crippen LogP contribution is 2.00. The number of nitrogens with zero attached hydrogens (tertiary/aromatic N) is 2. The summed E-state index contributed by atoms with van der Waals surface area (Å²) in [7, 11) is 1.84. The molecule has 1 aliphatic heterocycles. The SMILES string of the molecule is CC.CNc1cc(C)[nH]n1.O=CN1CCOCC1. The third-order valence-electron chi connectivity index (χ3n) is 2.16. The van der Waals surface area contributed by atoms with Gasteiger partial charge in [-0.15, -0.1) is 0 Å². The lowest BCUT2D eigenvalue weighted by Gasteiger charge is -2.21. The molecule has 0 unspecified atom stereocenters. The highest BCUT2D eigenvalue weighted by atomic mass is 16.5. The molecule has 0 atom stereocenters. The van der Waals surface area contributed by atoms with Crippen LogP contribution in [0.15, 0.2) is 6.07 Å². The maximum absolute atomic E-state index is 10.0. The molecule has 18 heavy (non-hydrogen) atoms. The number of carbonyl (C=O) groups excluding carboxylic acids is 1. The maximum atomic E-state index is 10.0. The third-order valence-corrected chi connectivity index (χ3v) is 2.16. The number of H-pyrrole nitrogens is 1. The standard InChI is InChI=1S/C5H9N3.C5H9NO2.C2H6/c1-4-3-5(6-2)8-7-4;7-5-6-1-3-8-4-2-6;1-2/h3H,1-2H3,(H2,6,7,8);5H,1-4H2;1-2H3. The zero-order valence-corrected chi connectivity index (χ0v) is 11.7. The number of morpholine rings is 1.